The molecular formula is C32H25F3N2O5S. The van der Waals surface area contributed by atoms with Crippen LogP contribution in [0, 0.1) is 5.41 Å². The molecule has 7 nitrogen and oxygen atoms in total. The van der Waals surface area contributed by atoms with Crippen molar-refractivity contribution in [2.75, 3.05) is 5.75 Å². The maximum Gasteiger partial charge on any atom is 0.449 e. The van der Waals surface area contributed by atoms with Gasteiger partial charge in [0.25, 0.3) is 0 Å². The van der Waals surface area contributed by atoms with Crippen LogP contribution in [0.2, 0.25) is 0 Å². The number of alkyl halides is 3. The van der Waals surface area contributed by atoms with Crippen molar-refractivity contribution in [3.8, 4) is 11.1 Å². The van der Waals surface area contributed by atoms with Crippen LogP contribution < -0.4 is 0 Å². The normalized spacial score (nSPS) is 11.9. The smallest absolute Gasteiger partial charge is 0.449 e. The number of furan rings is 1. The van der Waals surface area contributed by atoms with Gasteiger partial charge in [-0.3, -0.25) is 10.2 Å². The van der Waals surface area contributed by atoms with Crippen molar-refractivity contribution >= 4 is 32.4 Å². The fraction of sp³-hybridized carbons (Fsp3) is 0.125. The number of fused-ring (bicyclic) bond motifs is 1. The summed E-state index contributed by atoms with van der Waals surface area (Å²) in [4.78, 5) is 12.5. The van der Waals surface area contributed by atoms with Crippen molar-refractivity contribution in [3.05, 3.63) is 126 Å². The molecule has 0 saturated carbocycles. The molecule has 11 heteroatoms. The number of carboxylic acid groups (broad SMARTS) is 1. The van der Waals surface area contributed by atoms with Crippen LogP contribution >= 0.6 is 0 Å². The van der Waals surface area contributed by atoms with Crippen LogP contribution in [0.1, 0.15) is 22.6 Å². The first-order valence-corrected chi connectivity index (χ1v) is 14.7. The van der Waals surface area contributed by atoms with Gasteiger partial charge in [0.1, 0.15) is 11.6 Å². The van der Waals surface area contributed by atoms with Gasteiger partial charge >= 0.3 is 12.1 Å². The summed E-state index contributed by atoms with van der Waals surface area (Å²) < 4.78 is 69.5. The molecule has 0 radical (unpaired) electrons. The van der Waals surface area contributed by atoms with Crippen LogP contribution in [0.15, 0.2) is 112 Å². The van der Waals surface area contributed by atoms with Crippen LogP contribution in [0.5, 0.6) is 0 Å². The second-order valence-electron chi connectivity index (χ2n) is 9.87. The molecule has 43 heavy (non-hydrogen) atoms. The molecule has 220 valence electrons. The minimum atomic E-state index is -4.63. The number of nitrogens with one attached hydrogen (secondary N) is 1. The summed E-state index contributed by atoms with van der Waals surface area (Å²) in [6.45, 7) is 0.0702. The van der Waals surface area contributed by atoms with Gasteiger partial charge in [-0.15, -0.1) is 0 Å². The SMILES string of the molecule is N=C(c1cccc2ccccc12)N(Cc1ccc(-c2cccc(S(=O)(=O)CC(=O)O)c2)cc1)Cc1ccc(C(F)(F)F)o1. The molecule has 0 unspecified atom stereocenters. The number of carbonyl (C=O) groups is 1. The minimum Gasteiger partial charge on any atom is -0.480 e. The largest absolute Gasteiger partial charge is 0.480 e. The number of hydrogen-bond donors (Lipinski definition) is 2. The summed E-state index contributed by atoms with van der Waals surface area (Å²) in [7, 11) is -4.01. The molecule has 1 heterocycles. The van der Waals surface area contributed by atoms with Gasteiger partial charge in [-0.25, -0.2) is 8.42 Å². The molecule has 0 fully saturated rings. The highest BCUT2D eigenvalue weighted by Gasteiger charge is 2.35. The van der Waals surface area contributed by atoms with E-state index in [9.17, 15) is 26.4 Å². The molecule has 1 aromatic heterocycles. The van der Waals surface area contributed by atoms with Gasteiger partial charge in [0.15, 0.2) is 15.6 Å². The van der Waals surface area contributed by atoms with Crippen molar-refractivity contribution in [3.63, 3.8) is 0 Å². The van der Waals surface area contributed by atoms with Gasteiger partial charge < -0.3 is 14.4 Å². The second-order valence-corrected chi connectivity index (χ2v) is 11.9. The molecule has 0 atom stereocenters. The Bertz CT molecular complexity index is 1910. The summed E-state index contributed by atoms with van der Waals surface area (Å²) in [5.41, 5.74) is 2.59. The van der Waals surface area contributed by atoms with Gasteiger partial charge in [-0.1, -0.05) is 78.9 Å². The van der Waals surface area contributed by atoms with Gasteiger partial charge in [0.2, 0.25) is 5.76 Å². The topological polar surface area (TPSA) is 112 Å². The Kier molecular flexibility index (Phi) is 8.10. The van der Waals surface area contributed by atoms with Crippen molar-refractivity contribution in [2.24, 2.45) is 0 Å². The number of sulfone groups is 1. The van der Waals surface area contributed by atoms with E-state index in [2.05, 4.69) is 0 Å². The summed E-state index contributed by atoms with van der Waals surface area (Å²) in [5, 5.41) is 19.7. The number of benzene rings is 4. The molecule has 0 spiro atoms. The van der Waals surface area contributed by atoms with Crippen molar-refractivity contribution in [2.45, 2.75) is 24.2 Å². The average Bonchev–Trinajstić information content (AvgIpc) is 3.45. The number of nitrogens with zero attached hydrogens (tertiary/aromatic N) is 1. The number of halogens is 3. The van der Waals surface area contributed by atoms with Crippen LogP contribution in [0.3, 0.4) is 0 Å². The number of aliphatic carboxylic acids is 1. The third kappa shape index (κ3) is 6.78. The highest BCUT2D eigenvalue weighted by molar-refractivity contribution is 7.92. The number of carboxylic acids is 1. The standard InChI is InChI=1S/C32H25F3N2O5S/c33-32(34,35)29-16-15-25(42-29)19-37(31(36)28-10-4-6-23-5-1-2-9-27(23)28)18-21-11-13-22(14-12-21)24-7-3-8-26(17-24)43(40,41)20-30(38)39/h1-17,36H,18-20H2,(H,38,39). The summed E-state index contributed by atoms with van der Waals surface area (Å²) >= 11 is 0. The van der Waals surface area contributed by atoms with E-state index in [4.69, 9.17) is 14.9 Å². The zero-order valence-electron chi connectivity index (χ0n) is 22.5. The average molecular weight is 607 g/mol. The lowest BCUT2D eigenvalue weighted by Crippen LogP contribution is -2.30. The molecule has 5 rings (SSSR count). The minimum absolute atomic E-state index is 0.0494. The van der Waals surface area contributed by atoms with E-state index in [1.54, 1.807) is 41.3 Å². The fourth-order valence-corrected chi connectivity index (χ4v) is 5.84. The van der Waals surface area contributed by atoms with E-state index in [0.717, 1.165) is 22.4 Å². The maximum absolute atomic E-state index is 13.2. The third-order valence-corrected chi connectivity index (χ3v) is 8.42. The van der Waals surface area contributed by atoms with Gasteiger partial charge in [0, 0.05) is 12.1 Å². The predicted octanol–water partition coefficient (Wildman–Crippen LogP) is 7.00. The quantitative estimate of drug-likeness (QED) is 0.138. The molecule has 0 aliphatic carbocycles. The van der Waals surface area contributed by atoms with E-state index >= 15 is 0 Å². The Balaban J connectivity index is 1.44. The van der Waals surface area contributed by atoms with Crippen molar-refractivity contribution in [1.29, 1.82) is 5.41 Å². The number of amidine groups is 1. The molecule has 5 aromatic rings. The van der Waals surface area contributed by atoms with Gasteiger partial charge in [0.05, 0.1) is 11.4 Å². The lowest BCUT2D eigenvalue weighted by molar-refractivity contribution is -0.153. The summed E-state index contributed by atoms with van der Waals surface area (Å²) in [5.74, 6) is -3.43. The monoisotopic (exact) mass is 606 g/mol. The molecule has 0 amide bonds. The number of hydrogen-bond acceptors (Lipinski definition) is 5. The molecule has 0 aliphatic rings. The Labute approximate surface area is 245 Å². The first kappa shape index (κ1) is 29.6. The highest BCUT2D eigenvalue weighted by Crippen LogP contribution is 2.32. The summed E-state index contributed by atoms with van der Waals surface area (Å²) in [6, 6.07) is 28.2. The first-order chi connectivity index (χ1) is 20.4. The second kappa shape index (κ2) is 11.8. The maximum atomic E-state index is 13.2. The van der Waals surface area contributed by atoms with E-state index in [-0.39, 0.29) is 29.6 Å². The first-order valence-electron chi connectivity index (χ1n) is 13.0. The van der Waals surface area contributed by atoms with E-state index in [1.807, 2.05) is 36.4 Å². The third-order valence-electron chi connectivity index (χ3n) is 6.82. The van der Waals surface area contributed by atoms with Crippen molar-refractivity contribution in [1.82, 2.24) is 4.90 Å². The Morgan fingerprint density at radius 3 is 2.23 bits per heavy atom. The molecular weight excluding hydrogens is 581 g/mol. The highest BCUT2D eigenvalue weighted by atomic mass is 32.2. The van der Waals surface area contributed by atoms with E-state index < -0.39 is 33.5 Å². The van der Waals surface area contributed by atoms with Crippen LogP contribution in [-0.2, 0) is 33.9 Å². The van der Waals surface area contributed by atoms with E-state index in [1.165, 1.54) is 24.3 Å². The van der Waals surface area contributed by atoms with Crippen LogP contribution in [-0.4, -0.2) is 36.0 Å². The molecule has 0 bridgehead atoms. The molecule has 2 N–H and O–H groups in total. The lowest BCUT2D eigenvalue weighted by atomic mass is 10.0. The van der Waals surface area contributed by atoms with Crippen LogP contribution in [0.25, 0.3) is 21.9 Å². The Morgan fingerprint density at radius 2 is 1.53 bits per heavy atom. The van der Waals surface area contributed by atoms with Crippen molar-refractivity contribution < 1.29 is 35.9 Å². The molecule has 0 saturated heterocycles. The Morgan fingerprint density at radius 1 is 0.837 bits per heavy atom. The predicted molar refractivity (Wildman–Crippen MR) is 155 cm³/mol. The molecule has 0 aliphatic heterocycles. The molecule has 4 aromatic carbocycles. The lowest BCUT2D eigenvalue weighted by Gasteiger charge is -2.25. The van der Waals surface area contributed by atoms with E-state index in [0.29, 0.717) is 16.7 Å². The zero-order chi connectivity index (χ0) is 30.8. The van der Waals surface area contributed by atoms with Gasteiger partial charge in [-0.2, -0.15) is 13.2 Å². The summed E-state index contributed by atoms with van der Waals surface area (Å²) in [6.07, 6.45) is -4.63. The number of rotatable bonds is 9. The van der Waals surface area contributed by atoms with Crippen LogP contribution in [0.4, 0.5) is 13.2 Å². The fourth-order valence-electron chi connectivity index (χ4n) is 4.76. The Hall–Kier alpha value is -4.90. The van der Waals surface area contributed by atoms with Gasteiger partial charge in [-0.05, 0) is 51.7 Å². The zero-order valence-corrected chi connectivity index (χ0v) is 23.3.